The van der Waals surface area contributed by atoms with Gasteiger partial charge in [0, 0.05) is 25.2 Å². The van der Waals surface area contributed by atoms with Gasteiger partial charge in [-0.1, -0.05) is 62.4 Å². The Bertz CT molecular complexity index is 1430. The summed E-state index contributed by atoms with van der Waals surface area (Å²) in [6, 6.07) is 23.8. The predicted molar refractivity (Wildman–Crippen MR) is 138 cm³/mol. The highest BCUT2D eigenvalue weighted by molar-refractivity contribution is 7.89. The van der Waals surface area contributed by atoms with Crippen molar-refractivity contribution in [2.45, 2.75) is 38.3 Å². The van der Waals surface area contributed by atoms with Crippen LogP contribution in [0.4, 0.5) is 0 Å². The third kappa shape index (κ3) is 5.13. The van der Waals surface area contributed by atoms with Crippen molar-refractivity contribution in [3.05, 3.63) is 95.8 Å². The number of carbonyl (C=O) groups is 1. The minimum absolute atomic E-state index is 0.109. The average molecular weight is 491 g/mol. The van der Waals surface area contributed by atoms with Crippen molar-refractivity contribution < 1.29 is 13.2 Å². The second-order valence-electron chi connectivity index (χ2n) is 8.34. The van der Waals surface area contributed by atoms with Gasteiger partial charge < -0.3 is 9.88 Å². The number of para-hydroxylation sites is 2. The predicted octanol–water partition coefficient (Wildman–Crippen LogP) is 4.61. The number of aromatic nitrogens is 2. The molecule has 8 heteroatoms. The highest BCUT2D eigenvalue weighted by Crippen LogP contribution is 2.23. The summed E-state index contributed by atoms with van der Waals surface area (Å²) in [7, 11) is -3.66. The minimum atomic E-state index is -3.66. The van der Waals surface area contributed by atoms with Crippen LogP contribution in [0.1, 0.15) is 48.6 Å². The number of hydrogen-bond acceptors (Lipinski definition) is 4. The van der Waals surface area contributed by atoms with Gasteiger partial charge in [-0.3, -0.25) is 4.79 Å². The molecule has 0 aliphatic rings. The number of carbonyl (C=O) groups excluding carboxylic acids is 1. The summed E-state index contributed by atoms with van der Waals surface area (Å²) in [4.78, 5) is 18.1. The Hall–Kier alpha value is -3.49. The molecule has 1 heterocycles. The molecule has 7 nitrogen and oxygen atoms in total. The van der Waals surface area contributed by atoms with Crippen molar-refractivity contribution in [3.63, 3.8) is 0 Å². The van der Waals surface area contributed by atoms with Gasteiger partial charge in [0.2, 0.25) is 10.0 Å². The van der Waals surface area contributed by atoms with Gasteiger partial charge in [-0.05, 0) is 42.8 Å². The topological polar surface area (TPSA) is 84.3 Å². The largest absolute Gasteiger partial charge is 0.342 e. The lowest BCUT2D eigenvalue weighted by Gasteiger charge is -2.19. The number of benzene rings is 3. The Labute approximate surface area is 206 Å². The molecule has 35 heavy (non-hydrogen) atoms. The summed E-state index contributed by atoms with van der Waals surface area (Å²) in [5.74, 6) is 0.378. The molecule has 0 aliphatic carbocycles. The Morgan fingerprint density at radius 1 is 0.971 bits per heavy atom. The van der Waals surface area contributed by atoms with Crippen LogP contribution in [0, 0.1) is 0 Å². The van der Waals surface area contributed by atoms with Gasteiger partial charge >= 0.3 is 0 Å². The molecule has 4 rings (SSSR count). The van der Waals surface area contributed by atoms with Crippen LogP contribution in [-0.2, 0) is 16.6 Å². The maximum atomic E-state index is 13.1. The molecule has 0 saturated heterocycles. The maximum absolute atomic E-state index is 13.1. The minimum Gasteiger partial charge on any atom is -0.342 e. The van der Waals surface area contributed by atoms with Gasteiger partial charge in [0.05, 0.1) is 22.0 Å². The molecule has 0 fully saturated rings. The molecule has 182 valence electrons. The van der Waals surface area contributed by atoms with E-state index in [9.17, 15) is 13.2 Å². The van der Waals surface area contributed by atoms with Gasteiger partial charge in [-0.2, -0.15) is 4.31 Å². The molecule has 1 amide bonds. The first kappa shape index (κ1) is 24.6. The van der Waals surface area contributed by atoms with Gasteiger partial charge in [0.15, 0.2) is 0 Å². The summed E-state index contributed by atoms with van der Waals surface area (Å²) in [6.45, 7) is 6.82. The summed E-state index contributed by atoms with van der Waals surface area (Å²) in [5.41, 5.74) is 3.26. The average Bonchev–Trinajstić information content (AvgIpc) is 3.24. The zero-order chi connectivity index (χ0) is 25.0. The molecule has 0 bridgehead atoms. The number of nitrogens with zero attached hydrogens (tertiary/aromatic N) is 3. The number of amides is 1. The third-order valence-corrected chi connectivity index (χ3v) is 8.09. The van der Waals surface area contributed by atoms with E-state index in [0.29, 0.717) is 19.6 Å². The smallest absolute Gasteiger partial charge is 0.251 e. The van der Waals surface area contributed by atoms with E-state index in [-0.39, 0.29) is 16.4 Å². The van der Waals surface area contributed by atoms with Crippen molar-refractivity contribution >= 4 is 27.0 Å². The van der Waals surface area contributed by atoms with Crippen molar-refractivity contribution in [2.24, 2.45) is 0 Å². The van der Waals surface area contributed by atoms with Crippen LogP contribution in [0.3, 0.4) is 0 Å². The molecule has 0 unspecified atom stereocenters. The van der Waals surface area contributed by atoms with Crippen molar-refractivity contribution in [2.75, 3.05) is 13.1 Å². The van der Waals surface area contributed by atoms with Crippen LogP contribution in [0.25, 0.3) is 11.0 Å². The molecule has 0 saturated carbocycles. The first-order valence-electron chi connectivity index (χ1n) is 11.7. The summed E-state index contributed by atoms with van der Waals surface area (Å²) < 4.78 is 29.3. The van der Waals surface area contributed by atoms with E-state index in [0.717, 1.165) is 22.4 Å². The summed E-state index contributed by atoms with van der Waals surface area (Å²) in [6.07, 6.45) is 0. The normalized spacial score (nSPS) is 12.7. The Morgan fingerprint density at radius 3 is 2.37 bits per heavy atom. The quantitative estimate of drug-likeness (QED) is 0.371. The van der Waals surface area contributed by atoms with E-state index in [4.69, 9.17) is 4.98 Å². The molecule has 0 radical (unpaired) electrons. The fourth-order valence-corrected chi connectivity index (χ4v) is 5.72. The molecule has 1 atom stereocenters. The highest BCUT2D eigenvalue weighted by Gasteiger charge is 2.24. The third-order valence-electron chi connectivity index (χ3n) is 6.04. The molecular formula is C27H30N4O3S. The van der Waals surface area contributed by atoms with E-state index < -0.39 is 16.1 Å². The Balaban J connectivity index is 1.62. The molecular weight excluding hydrogens is 460 g/mol. The Morgan fingerprint density at radius 2 is 1.66 bits per heavy atom. The number of rotatable bonds is 9. The fraction of sp³-hybridized carbons (Fsp3) is 0.259. The second kappa shape index (κ2) is 10.4. The number of fused-ring (bicyclic) bond motifs is 1. The lowest BCUT2D eigenvalue weighted by atomic mass is 10.2. The van der Waals surface area contributed by atoms with Gasteiger partial charge in [0.25, 0.3) is 5.91 Å². The molecule has 3 aromatic carbocycles. The first-order valence-corrected chi connectivity index (χ1v) is 13.2. The fourth-order valence-electron chi connectivity index (χ4n) is 4.21. The molecule has 4 aromatic rings. The molecule has 0 aliphatic heterocycles. The zero-order valence-corrected chi connectivity index (χ0v) is 21.0. The maximum Gasteiger partial charge on any atom is 0.251 e. The van der Waals surface area contributed by atoms with E-state index >= 15 is 0 Å². The number of hydrogen-bond donors (Lipinski definition) is 1. The van der Waals surface area contributed by atoms with Crippen molar-refractivity contribution in [1.82, 2.24) is 19.2 Å². The van der Waals surface area contributed by atoms with Crippen LogP contribution in [0.15, 0.2) is 83.8 Å². The molecule has 1 N–H and O–H groups in total. The van der Waals surface area contributed by atoms with Crippen LogP contribution in [-0.4, -0.2) is 41.3 Å². The van der Waals surface area contributed by atoms with Crippen LogP contribution < -0.4 is 5.32 Å². The van der Waals surface area contributed by atoms with E-state index in [1.54, 1.807) is 26.0 Å². The number of sulfonamides is 1. The monoisotopic (exact) mass is 490 g/mol. The highest BCUT2D eigenvalue weighted by atomic mass is 32.2. The SMILES string of the molecule is CCN(CC)S(=O)(=O)c1cccc(C(=O)N[C@H](C)c2nc3ccccc3n2Cc2ccccc2)c1. The second-order valence-corrected chi connectivity index (χ2v) is 10.3. The van der Waals surface area contributed by atoms with Gasteiger partial charge in [-0.15, -0.1) is 0 Å². The lowest BCUT2D eigenvalue weighted by molar-refractivity contribution is 0.0937. The summed E-state index contributed by atoms with van der Waals surface area (Å²) in [5, 5.41) is 3.00. The first-order chi connectivity index (χ1) is 16.8. The van der Waals surface area contributed by atoms with E-state index in [1.165, 1.54) is 16.4 Å². The number of nitrogens with one attached hydrogen (secondary N) is 1. The van der Waals surface area contributed by atoms with Crippen LogP contribution in [0.2, 0.25) is 0 Å². The van der Waals surface area contributed by atoms with Crippen molar-refractivity contribution in [3.8, 4) is 0 Å². The van der Waals surface area contributed by atoms with E-state index in [2.05, 4.69) is 22.0 Å². The van der Waals surface area contributed by atoms with Crippen molar-refractivity contribution in [1.29, 1.82) is 0 Å². The van der Waals surface area contributed by atoms with Crippen LogP contribution >= 0.6 is 0 Å². The lowest BCUT2D eigenvalue weighted by Crippen LogP contribution is -2.31. The Kier molecular flexibility index (Phi) is 7.33. The summed E-state index contributed by atoms with van der Waals surface area (Å²) >= 11 is 0. The van der Waals surface area contributed by atoms with Crippen LogP contribution in [0.5, 0.6) is 0 Å². The zero-order valence-electron chi connectivity index (χ0n) is 20.2. The number of imidazole rings is 1. The van der Waals surface area contributed by atoms with E-state index in [1.807, 2.05) is 49.4 Å². The van der Waals surface area contributed by atoms with Gasteiger partial charge in [0.1, 0.15) is 5.82 Å². The standard InChI is InChI=1S/C27H30N4O3S/c1-4-30(5-2)35(33,34)23-15-11-14-22(18-23)27(32)28-20(3)26-29-24-16-9-10-17-25(24)31(26)19-21-12-7-6-8-13-21/h6-18,20H,4-5,19H2,1-3H3,(H,28,32)/t20-/m1/s1. The molecule has 0 spiro atoms. The van der Waals surface area contributed by atoms with Gasteiger partial charge in [-0.25, -0.2) is 13.4 Å². The molecule has 1 aromatic heterocycles.